The van der Waals surface area contributed by atoms with Crippen molar-refractivity contribution in [2.75, 3.05) is 18.8 Å². The number of hydrogen-bond acceptors (Lipinski definition) is 1. The molecule has 1 aromatic heterocycles. The summed E-state index contributed by atoms with van der Waals surface area (Å²) in [6.07, 6.45) is 10.7. The maximum absolute atomic E-state index is 4.21. The molecule has 0 saturated heterocycles. The lowest BCUT2D eigenvalue weighted by Crippen LogP contribution is -1.84. The summed E-state index contributed by atoms with van der Waals surface area (Å²) >= 11 is 0. The van der Waals surface area contributed by atoms with Gasteiger partial charge in [-0.2, -0.15) is 0 Å². The molecule has 66 valence electrons. The smallest absolute Gasteiger partial charge is 0.0634 e. The lowest BCUT2D eigenvalue weighted by atomic mass is 10.3. The minimum atomic E-state index is -0.543. The quantitative estimate of drug-likeness (QED) is 0.683. The Bertz CT molecular complexity index is 259. The van der Waals surface area contributed by atoms with E-state index in [0.717, 1.165) is 5.69 Å². The molecule has 0 amide bonds. The van der Waals surface area contributed by atoms with E-state index in [1.54, 1.807) is 0 Å². The van der Waals surface area contributed by atoms with Crippen LogP contribution in [0.5, 0.6) is 0 Å². The molecule has 0 radical (unpaired) electrons. The average molecular weight is 181 g/mol. The van der Waals surface area contributed by atoms with E-state index in [2.05, 4.69) is 35.2 Å². The van der Waals surface area contributed by atoms with Gasteiger partial charge in [-0.3, -0.25) is 4.98 Å². The Kier molecular flexibility index (Phi) is 2.93. The molecular formula is C10H15NS. The van der Waals surface area contributed by atoms with E-state index in [1.165, 1.54) is 0 Å². The van der Waals surface area contributed by atoms with Crippen LogP contribution in [0.25, 0.3) is 6.08 Å². The Balaban J connectivity index is 2.71. The third-order valence-corrected chi connectivity index (χ3v) is 2.29. The molecule has 0 N–H and O–H groups in total. The van der Waals surface area contributed by atoms with Crippen molar-refractivity contribution in [2.45, 2.75) is 0 Å². The second-order valence-corrected chi connectivity index (χ2v) is 7.63. The molecule has 0 spiro atoms. The molecule has 0 bridgehead atoms. The molecule has 0 aromatic carbocycles. The summed E-state index contributed by atoms with van der Waals surface area (Å²) in [5.74, 6) is 0. The molecule has 0 aliphatic heterocycles. The molecule has 12 heavy (non-hydrogen) atoms. The Morgan fingerprint density at radius 3 is 2.50 bits per heavy atom. The van der Waals surface area contributed by atoms with Crippen molar-refractivity contribution in [1.82, 2.24) is 4.98 Å². The molecule has 1 heterocycles. The first-order valence-electron chi connectivity index (χ1n) is 3.85. The first kappa shape index (κ1) is 9.33. The number of nitrogens with zero attached hydrogens (tertiary/aromatic N) is 1. The van der Waals surface area contributed by atoms with E-state index < -0.39 is 10.0 Å². The zero-order valence-corrected chi connectivity index (χ0v) is 8.64. The fraction of sp³-hybridized carbons (Fsp3) is 0.300. The van der Waals surface area contributed by atoms with Crippen LogP contribution in [-0.2, 0) is 0 Å². The molecule has 1 nitrogen and oxygen atoms in total. The van der Waals surface area contributed by atoms with Crippen LogP contribution >= 0.6 is 10.0 Å². The van der Waals surface area contributed by atoms with Gasteiger partial charge >= 0.3 is 0 Å². The van der Waals surface area contributed by atoms with E-state index >= 15 is 0 Å². The van der Waals surface area contributed by atoms with Gasteiger partial charge in [-0.15, -0.1) is 0 Å². The number of aromatic nitrogens is 1. The van der Waals surface area contributed by atoms with Crippen molar-refractivity contribution >= 4 is 16.1 Å². The van der Waals surface area contributed by atoms with Gasteiger partial charge in [-0.1, -0.05) is 6.07 Å². The fourth-order valence-electron chi connectivity index (χ4n) is 0.748. The highest BCUT2D eigenvalue weighted by Gasteiger charge is 1.96. The van der Waals surface area contributed by atoms with Crippen LogP contribution in [0.4, 0.5) is 0 Å². The van der Waals surface area contributed by atoms with Crippen molar-refractivity contribution in [2.24, 2.45) is 0 Å². The highest BCUT2D eigenvalue weighted by Crippen LogP contribution is 2.36. The average Bonchev–Trinajstić information content (AvgIpc) is 2.02. The fourth-order valence-corrected chi connectivity index (χ4v) is 1.30. The van der Waals surface area contributed by atoms with E-state index in [-0.39, 0.29) is 0 Å². The van der Waals surface area contributed by atoms with E-state index in [0.29, 0.717) is 0 Å². The van der Waals surface area contributed by atoms with E-state index in [9.17, 15) is 0 Å². The molecule has 1 rings (SSSR count). The predicted octanol–water partition coefficient (Wildman–Crippen LogP) is 2.75. The minimum Gasteiger partial charge on any atom is -0.257 e. The van der Waals surface area contributed by atoms with Gasteiger partial charge in [0.25, 0.3) is 0 Å². The van der Waals surface area contributed by atoms with Crippen LogP contribution in [0.1, 0.15) is 5.69 Å². The summed E-state index contributed by atoms with van der Waals surface area (Å²) < 4.78 is 0. The van der Waals surface area contributed by atoms with Crippen LogP contribution in [0.15, 0.2) is 29.8 Å². The first-order valence-corrected chi connectivity index (χ1v) is 6.77. The van der Waals surface area contributed by atoms with Crippen molar-refractivity contribution in [1.29, 1.82) is 0 Å². The third-order valence-electron chi connectivity index (χ3n) is 1.33. The lowest BCUT2D eigenvalue weighted by Gasteiger charge is -2.18. The van der Waals surface area contributed by atoms with Gasteiger partial charge in [0, 0.05) is 6.20 Å². The van der Waals surface area contributed by atoms with Crippen LogP contribution in [0.2, 0.25) is 0 Å². The molecular weight excluding hydrogens is 166 g/mol. The lowest BCUT2D eigenvalue weighted by molar-refractivity contribution is 1.30. The van der Waals surface area contributed by atoms with Gasteiger partial charge in [0.2, 0.25) is 0 Å². The molecule has 1 aromatic rings. The zero-order chi connectivity index (χ0) is 9.03. The Labute approximate surface area is 75.8 Å². The zero-order valence-electron chi connectivity index (χ0n) is 7.82. The van der Waals surface area contributed by atoms with E-state index in [4.69, 9.17) is 0 Å². The molecule has 0 aliphatic rings. The van der Waals surface area contributed by atoms with Gasteiger partial charge in [0.1, 0.15) is 0 Å². The highest BCUT2D eigenvalue weighted by atomic mass is 32.3. The van der Waals surface area contributed by atoms with Crippen LogP contribution < -0.4 is 0 Å². The summed E-state index contributed by atoms with van der Waals surface area (Å²) in [6.45, 7) is 0. The van der Waals surface area contributed by atoms with Gasteiger partial charge in [-0.05, 0) is 42.4 Å². The highest BCUT2D eigenvalue weighted by molar-refractivity contribution is 8.34. The summed E-state index contributed by atoms with van der Waals surface area (Å²) in [5, 5.41) is 2.25. The van der Waals surface area contributed by atoms with Crippen molar-refractivity contribution in [3.8, 4) is 0 Å². The SMILES string of the molecule is CS(C)(C)/C=C\c1ccccn1. The molecule has 2 heteroatoms. The monoisotopic (exact) mass is 181 g/mol. The number of rotatable bonds is 2. The maximum Gasteiger partial charge on any atom is 0.0634 e. The topological polar surface area (TPSA) is 12.9 Å². The summed E-state index contributed by atoms with van der Waals surface area (Å²) in [4.78, 5) is 4.21. The molecule has 0 atom stereocenters. The Morgan fingerprint density at radius 1 is 1.25 bits per heavy atom. The van der Waals surface area contributed by atoms with Crippen molar-refractivity contribution < 1.29 is 0 Å². The second-order valence-electron chi connectivity index (χ2n) is 3.49. The normalized spacial score (nSPS) is 13.6. The van der Waals surface area contributed by atoms with Crippen molar-refractivity contribution in [3.63, 3.8) is 0 Å². The van der Waals surface area contributed by atoms with Crippen molar-refractivity contribution in [3.05, 3.63) is 35.5 Å². The Hall–Kier alpha value is -0.760. The largest absolute Gasteiger partial charge is 0.257 e. The predicted molar refractivity (Wildman–Crippen MR) is 58.6 cm³/mol. The number of hydrogen-bond donors (Lipinski definition) is 0. The standard InChI is InChI=1S/C10H15NS/c1-12(2,3)9-7-10-6-4-5-8-11-10/h4-9H,1-3H3/b9-7-. The summed E-state index contributed by atoms with van der Waals surface area (Å²) in [6, 6.07) is 5.95. The number of pyridine rings is 1. The summed E-state index contributed by atoms with van der Waals surface area (Å²) in [7, 11) is -0.543. The van der Waals surface area contributed by atoms with Crippen LogP contribution in [0, 0.1) is 0 Å². The van der Waals surface area contributed by atoms with Crippen LogP contribution in [0.3, 0.4) is 0 Å². The molecule has 0 saturated carbocycles. The first-order chi connectivity index (χ1) is 5.58. The van der Waals surface area contributed by atoms with Gasteiger partial charge < -0.3 is 0 Å². The van der Waals surface area contributed by atoms with Gasteiger partial charge in [0.15, 0.2) is 0 Å². The maximum atomic E-state index is 4.21. The molecule has 0 fully saturated rings. The molecule has 0 unspecified atom stereocenters. The summed E-state index contributed by atoms with van der Waals surface area (Å²) in [5.41, 5.74) is 1.04. The molecule has 0 aliphatic carbocycles. The second kappa shape index (κ2) is 3.76. The third kappa shape index (κ3) is 3.58. The van der Waals surface area contributed by atoms with Gasteiger partial charge in [0.05, 0.1) is 5.69 Å². The minimum absolute atomic E-state index is 0.543. The Morgan fingerprint density at radius 2 is 2.00 bits per heavy atom. The van der Waals surface area contributed by atoms with Crippen LogP contribution in [-0.4, -0.2) is 23.8 Å². The van der Waals surface area contributed by atoms with E-state index in [1.807, 2.05) is 24.4 Å². The van der Waals surface area contributed by atoms with Gasteiger partial charge in [-0.25, -0.2) is 10.0 Å².